The summed E-state index contributed by atoms with van der Waals surface area (Å²) in [5, 5.41) is 8.26. The van der Waals surface area contributed by atoms with E-state index in [-0.39, 0.29) is 10.8 Å². The van der Waals surface area contributed by atoms with Crippen molar-refractivity contribution in [2.75, 3.05) is 0 Å². The number of aromatic nitrogens is 6. The lowest BCUT2D eigenvalue weighted by atomic mass is 10.8. The van der Waals surface area contributed by atoms with Gasteiger partial charge in [0.15, 0.2) is 5.03 Å². The van der Waals surface area contributed by atoms with Crippen molar-refractivity contribution in [3.8, 4) is 0 Å². The Balaban J connectivity index is 2.51. The van der Waals surface area contributed by atoms with Crippen molar-refractivity contribution in [3.63, 3.8) is 0 Å². The van der Waals surface area contributed by atoms with E-state index in [4.69, 9.17) is 0 Å². The zero-order valence-corrected chi connectivity index (χ0v) is 10.8. The molecule has 0 saturated carbocycles. The highest BCUT2D eigenvalue weighted by molar-refractivity contribution is 8.72. The lowest BCUT2D eigenvalue weighted by Crippen LogP contribution is -2.29. The Morgan fingerprint density at radius 1 is 0.850 bits per heavy atom. The molecule has 0 aliphatic rings. The van der Waals surface area contributed by atoms with Gasteiger partial charge in [-0.1, -0.05) is 0 Å². The van der Waals surface area contributed by atoms with Crippen molar-refractivity contribution >= 4 is 19.7 Å². The molecule has 0 spiro atoms. The van der Waals surface area contributed by atoms with Crippen molar-refractivity contribution < 1.29 is 8.42 Å². The summed E-state index contributed by atoms with van der Waals surface area (Å²) in [5.74, 6) is 0. The summed E-state index contributed by atoms with van der Waals surface area (Å²) in [6, 6.07) is 0. The maximum Gasteiger partial charge on any atom is 0.342 e. The second kappa shape index (κ2) is 4.89. The number of nitrogens with zero attached hydrogens (tertiary/aromatic N) is 2. The Labute approximate surface area is 111 Å². The number of rotatable bonds is 3. The van der Waals surface area contributed by atoms with Crippen LogP contribution in [0.1, 0.15) is 0 Å². The molecule has 0 fully saturated rings. The first kappa shape index (κ1) is 13.9. The lowest BCUT2D eigenvalue weighted by molar-refractivity contribution is 0.600. The monoisotopic (exact) mass is 320 g/mol. The summed E-state index contributed by atoms with van der Waals surface area (Å²) in [5.41, 5.74) is -4.21. The van der Waals surface area contributed by atoms with Crippen LogP contribution in [-0.2, 0) is 8.87 Å². The Morgan fingerprint density at radius 3 is 1.95 bits per heavy atom. The molecular weight excluding hydrogens is 316 g/mol. The molecule has 2 heterocycles. The van der Waals surface area contributed by atoms with Gasteiger partial charge in [0, 0.05) is 10.8 Å². The van der Waals surface area contributed by atoms with Crippen LogP contribution in [0.15, 0.2) is 29.2 Å². The van der Waals surface area contributed by atoms with E-state index in [1.165, 1.54) is 0 Å². The highest BCUT2D eigenvalue weighted by atomic mass is 33.1. The normalized spacial score (nSPS) is 11.4. The number of hydrogen-bond acceptors (Lipinski definition) is 9. The van der Waals surface area contributed by atoms with Crippen LogP contribution < -0.4 is 22.5 Å². The fourth-order valence-electron chi connectivity index (χ4n) is 1.04. The Morgan fingerprint density at radius 2 is 1.40 bits per heavy atom. The molecule has 20 heavy (non-hydrogen) atoms. The number of H-pyrrole nitrogens is 4. The fraction of sp³-hybridized carbons (Fsp3) is 0. The average Bonchev–Trinajstić information content (AvgIpc) is 2.32. The van der Waals surface area contributed by atoms with E-state index in [0.717, 1.165) is 0 Å². The summed E-state index contributed by atoms with van der Waals surface area (Å²) in [7, 11) is -4.51. The van der Waals surface area contributed by atoms with Gasteiger partial charge < -0.3 is 0 Å². The van der Waals surface area contributed by atoms with E-state index >= 15 is 0 Å². The Kier molecular flexibility index (Phi) is 3.41. The zero-order valence-electron chi connectivity index (χ0n) is 9.16. The second-order valence-corrected chi connectivity index (χ2v) is 6.83. The van der Waals surface area contributed by atoms with Crippen LogP contribution in [0.5, 0.6) is 0 Å². The fourth-order valence-corrected chi connectivity index (χ4v) is 3.51. The number of aromatic amines is 4. The van der Waals surface area contributed by atoms with Crippen LogP contribution in [0.25, 0.3) is 0 Å². The van der Waals surface area contributed by atoms with Crippen molar-refractivity contribution in [1.82, 2.24) is 30.4 Å². The largest absolute Gasteiger partial charge is 0.342 e. The molecule has 0 radical (unpaired) electrons. The molecule has 0 unspecified atom stereocenters. The standard InChI is InChI=1S/C6H4N6O6S2/c13-1-3(9-11-5(15)7-1)19-20(17,18)4-2(14)8-6(16)12-10-4/h(H2,7,11,13,15)(H2,8,12,14,16). The molecular formula is C6H4N6O6S2. The van der Waals surface area contributed by atoms with Crippen LogP contribution in [-0.4, -0.2) is 38.8 Å². The molecule has 2 aromatic rings. The van der Waals surface area contributed by atoms with Crippen LogP contribution >= 0.6 is 10.8 Å². The third kappa shape index (κ3) is 2.75. The molecule has 106 valence electrons. The van der Waals surface area contributed by atoms with Gasteiger partial charge >= 0.3 is 11.4 Å². The molecule has 0 atom stereocenters. The van der Waals surface area contributed by atoms with E-state index in [0.29, 0.717) is 0 Å². The number of hydrogen-bond donors (Lipinski definition) is 4. The van der Waals surface area contributed by atoms with Crippen LogP contribution in [0.4, 0.5) is 0 Å². The maximum absolute atomic E-state index is 11.8. The molecule has 12 nitrogen and oxygen atoms in total. The molecule has 2 aromatic heterocycles. The highest BCUT2D eigenvalue weighted by Crippen LogP contribution is 2.22. The van der Waals surface area contributed by atoms with Gasteiger partial charge in [-0.2, -0.15) is 10.2 Å². The predicted octanol–water partition coefficient (Wildman–Crippen LogP) is -3.29. The second-order valence-electron chi connectivity index (χ2n) is 3.16. The van der Waals surface area contributed by atoms with Crippen LogP contribution in [0.3, 0.4) is 0 Å². The topological polar surface area (TPSA) is 191 Å². The van der Waals surface area contributed by atoms with Crippen molar-refractivity contribution in [3.05, 3.63) is 41.7 Å². The summed E-state index contributed by atoms with van der Waals surface area (Å²) >= 11 is 0. The molecule has 0 saturated heterocycles. The number of nitrogens with one attached hydrogen (secondary N) is 4. The average molecular weight is 320 g/mol. The summed E-state index contributed by atoms with van der Waals surface area (Å²) in [4.78, 5) is 47.5. The van der Waals surface area contributed by atoms with E-state index < -0.39 is 41.4 Å². The first-order valence-corrected chi connectivity index (χ1v) is 7.44. The van der Waals surface area contributed by atoms with Gasteiger partial charge in [0.2, 0.25) is 0 Å². The molecule has 0 aromatic carbocycles. The predicted molar refractivity (Wildman–Crippen MR) is 64.0 cm³/mol. The minimum Gasteiger partial charge on any atom is -0.271 e. The summed E-state index contributed by atoms with van der Waals surface area (Å²) < 4.78 is 23.7. The first-order chi connectivity index (χ1) is 9.29. The van der Waals surface area contributed by atoms with Gasteiger partial charge in [-0.15, -0.1) is 0 Å². The molecule has 4 N–H and O–H groups in total. The molecule has 2 rings (SSSR count). The van der Waals surface area contributed by atoms with Gasteiger partial charge in [-0.05, 0) is 0 Å². The highest BCUT2D eigenvalue weighted by Gasteiger charge is 2.25. The van der Waals surface area contributed by atoms with Gasteiger partial charge in [0.25, 0.3) is 25.0 Å². The third-order valence-corrected chi connectivity index (χ3v) is 4.80. The molecule has 0 bridgehead atoms. The van der Waals surface area contributed by atoms with Crippen LogP contribution in [0.2, 0.25) is 0 Å². The minimum absolute atomic E-state index is 0.103. The van der Waals surface area contributed by atoms with E-state index in [1.54, 1.807) is 15.1 Å². The first-order valence-electron chi connectivity index (χ1n) is 4.62. The summed E-state index contributed by atoms with van der Waals surface area (Å²) in [6.07, 6.45) is 0. The Hall–Kier alpha value is -2.48. The van der Waals surface area contributed by atoms with Crippen molar-refractivity contribution in [2.24, 2.45) is 0 Å². The van der Waals surface area contributed by atoms with Crippen molar-refractivity contribution in [1.29, 1.82) is 0 Å². The van der Waals surface area contributed by atoms with Gasteiger partial charge in [-0.3, -0.25) is 19.6 Å². The minimum atomic E-state index is -4.41. The van der Waals surface area contributed by atoms with Crippen molar-refractivity contribution in [2.45, 2.75) is 10.1 Å². The molecule has 0 aliphatic heterocycles. The van der Waals surface area contributed by atoms with Crippen LogP contribution in [0, 0.1) is 0 Å². The smallest absolute Gasteiger partial charge is 0.271 e. The Bertz CT molecular complexity index is 980. The molecule has 0 amide bonds. The SMILES string of the molecule is O=c1[nH]nc(SS(=O)(=O)c2n[nH]c(=O)[nH]c2=O)c(=O)[nH]1. The lowest BCUT2D eigenvalue weighted by Gasteiger charge is -1.99. The zero-order chi connectivity index (χ0) is 14.9. The van der Waals surface area contributed by atoms with E-state index in [9.17, 15) is 27.6 Å². The third-order valence-electron chi connectivity index (χ3n) is 1.79. The van der Waals surface area contributed by atoms with E-state index in [1.807, 2.05) is 5.10 Å². The quantitative estimate of drug-likeness (QED) is 0.419. The molecule has 0 aliphatic carbocycles. The maximum atomic E-state index is 11.8. The van der Waals surface area contributed by atoms with Gasteiger partial charge in [-0.25, -0.2) is 28.2 Å². The summed E-state index contributed by atoms with van der Waals surface area (Å²) in [6.45, 7) is 0. The van der Waals surface area contributed by atoms with Gasteiger partial charge in [0.1, 0.15) is 0 Å². The van der Waals surface area contributed by atoms with Gasteiger partial charge in [0.05, 0.1) is 0 Å². The molecule has 14 heteroatoms. The van der Waals surface area contributed by atoms with E-state index in [2.05, 4.69) is 10.2 Å².